The number of aromatic nitrogens is 2. The molecule has 0 saturated heterocycles. The fraction of sp³-hybridized carbons (Fsp3) is 0.174. The highest BCUT2D eigenvalue weighted by Gasteiger charge is 2.09. The van der Waals surface area contributed by atoms with E-state index in [1.165, 1.54) is 11.3 Å². The molecule has 0 aliphatic rings. The van der Waals surface area contributed by atoms with E-state index in [-0.39, 0.29) is 12.3 Å². The molecule has 4 aromatic rings. The number of aryl methyl sites for hydroxylation is 2. The summed E-state index contributed by atoms with van der Waals surface area (Å²) in [6.07, 6.45) is 3.20. The minimum atomic E-state index is -3.48. The standard InChI is InChI=1S/C23H21N3O3S2/c1-3-31(28,29)25-14-17-10-18(22-19(11-17)8-9-24-22)7-5-4-6-16-12-20(27)23-21(13-16)30-15(2)26-23/h3,8-13,24-25,27H,1,5,7,14H2,2H3. The fourth-order valence-corrected chi connectivity index (χ4v) is 4.79. The summed E-state index contributed by atoms with van der Waals surface area (Å²) in [6, 6.07) is 9.50. The number of fused-ring (bicyclic) bond motifs is 2. The van der Waals surface area contributed by atoms with Gasteiger partial charge in [0.15, 0.2) is 0 Å². The van der Waals surface area contributed by atoms with Crippen LogP contribution in [0.3, 0.4) is 0 Å². The van der Waals surface area contributed by atoms with E-state index in [1.807, 2.05) is 37.4 Å². The topological polar surface area (TPSA) is 95.1 Å². The number of phenolic OH excluding ortho intramolecular Hbond substituents is 1. The number of sulfonamides is 1. The van der Waals surface area contributed by atoms with Gasteiger partial charge in [0.05, 0.1) is 9.71 Å². The summed E-state index contributed by atoms with van der Waals surface area (Å²) < 4.78 is 26.7. The normalized spacial score (nSPS) is 11.5. The third-order valence-corrected chi connectivity index (χ3v) is 6.73. The number of hydrogen-bond acceptors (Lipinski definition) is 5. The summed E-state index contributed by atoms with van der Waals surface area (Å²) in [7, 11) is -3.48. The smallest absolute Gasteiger partial charge is 0.233 e. The van der Waals surface area contributed by atoms with E-state index in [9.17, 15) is 13.5 Å². The predicted molar refractivity (Wildman–Crippen MR) is 125 cm³/mol. The molecule has 2 heterocycles. The Bertz CT molecular complexity index is 1450. The molecule has 6 nitrogen and oxygen atoms in total. The number of hydrogen-bond donors (Lipinski definition) is 3. The first-order valence-corrected chi connectivity index (χ1v) is 12.0. The molecule has 0 saturated carbocycles. The molecule has 3 N–H and O–H groups in total. The molecular formula is C23H21N3O3S2. The van der Waals surface area contributed by atoms with Gasteiger partial charge in [-0.05, 0) is 54.1 Å². The lowest BCUT2D eigenvalue weighted by molar-refractivity contribution is 0.480. The molecule has 4 rings (SSSR count). The highest BCUT2D eigenvalue weighted by atomic mass is 32.2. The second-order valence-electron chi connectivity index (χ2n) is 7.11. The second kappa shape index (κ2) is 8.55. The predicted octanol–water partition coefficient (Wildman–Crippen LogP) is 4.34. The molecular weight excluding hydrogens is 430 g/mol. The van der Waals surface area contributed by atoms with Crippen LogP contribution in [0.4, 0.5) is 0 Å². The van der Waals surface area contributed by atoms with Crippen molar-refractivity contribution in [1.82, 2.24) is 14.7 Å². The zero-order valence-corrected chi connectivity index (χ0v) is 18.5. The molecule has 0 aliphatic carbocycles. The van der Waals surface area contributed by atoms with Gasteiger partial charge in [-0.15, -0.1) is 11.3 Å². The summed E-state index contributed by atoms with van der Waals surface area (Å²) in [4.78, 5) is 7.57. The largest absolute Gasteiger partial charge is 0.506 e. The van der Waals surface area contributed by atoms with Crippen LogP contribution in [0.5, 0.6) is 5.75 Å². The summed E-state index contributed by atoms with van der Waals surface area (Å²) in [5.41, 5.74) is 4.34. The van der Waals surface area contributed by atoms with Crippen LogP contribution in [-0.4, -0.2) is 23.5 Å². The van der Waals surface area contributed by atoms with Crippen LogP contribution >= 0.6 is 11.3 Å². The highest BCUT2D eigenvalue weighted by molar-refractivity contribution is 7.92. The van der Waals surface area contributed by atoms with Gasteiger partial charge >= 0.3 is 0 Å². The molecule has 31 heavy (non-hydrogen) atoms. The van der Waals surface area contributed by atoms with Gasteiger partial charge in [0, 0.05) is 35.7 Å². The van der Waals surface area contributed by atoms with Crippen LogP contribution in [0.1, 0.15) is 28.1 Å². The van der Waals surface area contributed by atoms with Gasteiger partial charge < -0.3 is 10.1 Å². The number of phenols is 1. The minimum Gasteiger partial charge on any atom is -0.506 e. The van der Waals surface area contributed by atoms with Crippen molar-refractivity contribution in [3.8, 4) is 17.6 Å². The molecule has 0 bridgehead atoms. The van der Waals surface area contributed by atoms with E-state index >= 15 is 0 Å². The van der Waals surface area contributed by atoms with Crippen molar-refractivity contribution in [3.63, 3.8) is 0 Å². The molecule has 8 heteroatoms. The van der Waals surface area contributed by atoms with Gasteiger partial charge in [0.25, 0.3) is 0 Å². The SMILES string of the molecule is C=CS(=O)(=O)NCc1cc(CCC#Cc2cc(O)c3nc(C)sc3c2)c2[nH]ccc2c1. The molecule has 0 aliphatic heterocycles. The second-order valence-corrected chi connectivity index (χ2v) is 10.1. The van der Waals surface area contributed by atoms with Crippen LogP contribution in [0.2, 0.25) is 0 Å². The molecule has 0 amide bonds. The first-order valence-electron chi connectivity index (χ1n) is 9.64. The number of aromatic amines is 1. The van der Waals surface area contributed by atoms with E-state index in [2.05, 4.69) is 33.1 Å². The van der Waals surface area contributed by atoms with Gasteiger partial charge in [0.1, 0.15) is 11.3 Å². The van der Waals surface area contributed by atoms with E-state index < -0.39 is 10.0 Å². The van der Waals surface area contributed by atoms with Gasteiger partial charge in [-0.3, -0.25) is 0 Å². The number of aromatic hydroxyl groups is 1. The Balaban J connectivity index is 1.52. The Kier molecular flexibility index (Phi) is 5.83. The minimum absolute atomic E-state index is 0.147. The molecule has 0 unspecified atom stereocenters. The van der Waals surface area contributed by atoms with Crippen LogP contribution in [0.15, 0.2) is 48.5 Å². The number of benzene rings is 2. The van der Waals surface area contributed by atoms with Crippen molar-refractivity contribution in [2.45, 2.75) is 26.3 Å². The number of rotatable bonds is 6. The quantitative estimate of drug-likeness (QED) is 0.380. The molecule has 2 aromatic carbocycles. The third kappa shape index (κ3) is 4.80. The average Bonchev–Trinajstić information content (AvgIpc) is 3.36. The Morgan fingerprint density at radius 2 is 2.16 bits per heavy atom. The summed E-state index contributed by atoms with van der Waals surface area (Å²) in [5, 5.41) is 13.0. The molecule has 158 valence electrons. The van der Waals surface area contributed by atoms with Crippen LogP contribution in [0.25, 0.3) is 21.1 Å². The average molecular weight is 452 g/mol. The molecule has 2 aromatic heterocycles. The number of nitrogens with zero attached hydrogens (tertiary/aromatic N) is 1. The zero-order chi connectivity index (χ0) is 22.0. The van der Waals surface area contributed by atoms with E-state index in [0.717, 1.165) is 42.7 Å². The first-order chi connectivity index (χ1) is 14.8. The number of H-pyrrole nitrogens is 1. The Hall–Kier alpha value is -3.12. The van der Waals surface area contributed by atoms with Crippen LogP contribution in [0, 0.1) is 18.8 Å². The molecule has 0 fully saturated rings. The maximum absolute atomic E-state index is 11.6. The third-order valence-electron chi connectivity index (χ3n) is 4.83. The van der Waals surface area contributed by atoms with E-state index in [4.69, 9.17) is 0 Å². The van der Waals surface area contributed by atoms with Gasteiger partial charge in [-0.2, -0.15) is 0 Å². The van der Waals surface area contributed by atoms with Crippen LogP contribution in [-0.2, 0) is 23.0 Å². The maximum atomic E-state index is 11.6. The Morgan fingerprint density at radius 3 is 2.97 bits per heavy atom. The van der Waals surface area contributed by atoms with E-state index in [1.54, 1.807) is 6.07 Å². The lowest BCUT2D eigenvalue weighted by atomic mass is 10.0. The van der Waals surface area contributed by atoms with Gasteiger partial charge in [0.2, 0.25) is 10.0 Å². The Morgan fingerprint density at radius 1 is 1.32 bits per heavy atom. The fourth-order valence-electron chi connectivity index (χ4n) is 3.42. The van der Waals surface area contributed by atoms with Crippen molar-refractivity contribution >= 4 is 42.5 Å². The summed E-state index contributed by atoms with van der Waals surface area (Å²) in [5.74, 6) is 6.44. The van der Waals surface area contributed by atoms with Crippen molar-refractivity contribution < 1.29 is 13.5 Å². The van der Waals surface area contributed by atoms with E-state index in [0.29, 0.717) is 18.4 Å². The molecule has 0 radical (unpaired) electrons. The van der Waals surface area contributed by atoms with Gasteiger partial charge in [-0.25, -0.2) is 18.1 Å². The lowest BCUT2D eigenvalue weighted by Crippen LogP contribution is -2.20. The van der Waals surface area contributed by atoms with Crippen LogP contribution < -0.4 is 4.72 Å². The highest BCUT2D eigenvalue weighted by Crippen LogP contribution is 2.30. The summed E-state index contributed by atoms with van der Waals surface area (Å²) in [6.45, 7) is 5.42. The Labute approximate surface area is 184 Å². The van der Waals surface area contributed by atoms with Crippen molar-refractivity contribution in [3.05, 3.63) is 70.2 Å². The zero-order valence-electron chi connectivity index (χ0n) is 16.9. The monoisotopic (exact) mass is 451 g/mol. The summed E-state index contributed by atoms with van der Waals surface area (Å²) >= 11 is 1.53. The number of nitrogens with one attached hydrogen (secondary N) is 2. The van der Waals surface area contributed by atoms with Crippen molar-refractivity contribution in [1.29, 1.82) is 0 Å². The molecule has 0 spiro atoms. The first kappa shape index (κ1) is 21.1. The van der Waals surface area contributed by atoms with Crippen molar-refractivity contribution in [2.75, 3.05) is 0 Å². The maximum Gasteiger partial charge on any atom is 0.233 e. The number of thiazole rings is 1. The van der Waals surface area contributed by atoms with Gasteiger partial charge in [-0.1, -0.05) is 24.5 Å². The van der Waals surface area contributed by atoms with Crippen molar-refractivity contribution in [2.24, 2.45) is 0 Å². The lowest BCUT2D eigenvalue weighted by Gasteiger charge is -2.08. The molecule has 0 atom stereocenters.